The number of furan rings is 1. The van der Waals surface area contributed by atoms with Gasteiger partial charge in [0, 0.05) is 31.7 Å². The molecule has 9 nitrogen and oxygen atoms in total. The number of hydrogen-bond acceptors (Lipinski definition) is 6. The first-order valence-corrected chi connectivity index (χ1v) is 12.0. The summed E-state index contributed by atoms with van der Waals surface area (Å²) in [5.41, 5.74) is 0.481. The maximum atomic E-state index is 13.0. The summed E-state index contributed by atoms with van der Waals surface area (Å²) in [5.74, 6) is -0.179. The summed E-state index contributed by atoms with van der Waals surface area (Å²) in [5, 5.41) is 2.79. The van der Waals surface area contributed by atoms with E-state index in [0.717, 1.165) is 0 Å². The van der Waals surface area contributed by atoms with Gasteiger partial charge in [-0.1, -0.05) is 0 Å². The molecule has 0 aliphatic carbocycles. The molecule has 1 N–H and O–H groups in total. The van der Waals surface area contributed by atoms with Crippen LogP contribution in [0.3, 0.4) is 0 Å². The predicted octanol–water partition coefficient (Wildman–Crippen LogP) is 2.06. The quantitative estimate of drug-likeness (QED) is 0.705. The van der Waals surface area contributed by atoms with Crippen molar-refractivity contribution in [2.24, 2.45) is 5.92 Å². The molecule has 0 radical (unpaired) electrons. The van der Waals surface area contributed by atoms with Crippen molar-refractivity contribution in [1.82, 2.24) is 9.21 Å². The lowest BCUT2D eigenvalue weighted by Gasteiger charge is -2.34. The van der Waals surface area contributed by atoms with Crippen molar-refractivity contribution < 1.29 is 27.2 Å². The molecular formula is C22H27N3O6S. The van der Waals surface area contributed by atoms with Crippen LogP contribution in [-0.2, 0) is 30.9 Å². The third kappa shape index (κ3) is 4.87. The summed E-state index contributed by atoms with van der Waals surface area (Å²) in [4.78, 5) is 26.7. The average molecular weight is 462 g/mol. The van der Waals surface area contributed by atoms with Crippen LogP contribution < -0.4 is 5.32 Å². The molecule has 2 fully saturated rings. The zero-order valence-corrected chi connectivity index (χ0v) is 18.9. The van der Waals surface area contributed by atoms with Crippen molar-refractivity contribution in [1.29, 1.82) is 0 Å². The Labute approximate surface area is 187 Å². The van der Waals surface area contributed by atoms with E-state index in [9.17, 15) is 18.0 Å². The van der Waals surface area contributed by atoms with Crippen molar-refractivity contribution in [2.45, 2.75) is 43.9 Å². The number of hydrogen-bond donors (Lipinski definition) is 1. The molecule has 0 saturated carbocycles. The lowest BCUT2D eigenvalue weighted by Crippen LogP contribution is -2.48. The number of benzene rings is 1. The number of sulfonamides is 1. The molecule has 0 bridgehead atoms. The minimum atomic E-state index is -3.65. The fraction of sp³-hybridized carbons (Fsp3) is 0.455. The summed E-state index contributed by atoms with van der Waals surface area (Å²) in [6.07, 6.45) is 1.33. The number of morpholine rings is 1. The van der Waals surface area contributed by atoms with Gasteiger partial charge in [-0.3, -0.25) is 9.59 Å². The summed E-state index contributed by atoms with van der Waals surface area (Å²) in [7, 11) is -3.65. The molecule has 0 spiro atoms. The zero-order valence-electron chi connectivity index (χ0n) is 18.1. The number of rotatable bonds is 6. The van der Waals surface area contributed by atoms with E-state index < -0.39 is 15.9 Å². The van der Waals surface area contributed by atoms with Crippen LogP contribution in [0, 0.1) is 5.92 Å². The van der Waals surface area contributed by atoms with Gasteiger partial charge in [-0.2, -0.15) is 4.31 Å². The topological polar surface area (TPSA) is 109 Å². The summed E-state index contributed by atoms with van der Waals surface area (Å²) in [6.45, 7) is 4.94. The van der Waals surface area contributed by atoms with Crippen molar-refractivity contribution in [3.63, 3.8) is 0 Å². The standard InChI is InChI=1S/C22H27N3O6S/c1-15-11-25(12-16(2)31-15)32(28,29)20-7-5-18(6-8-20)23-22(27)17-10-21(26)24(13-17)14-19-4-3-9-30-19/h3-9,15-17H,10-14H2,1-2H3,(H,23,27). The molecule has 3 unspecified atom stereocenters. The number of amides is 2. The molecule has 2 aromatic rings. The smallest absolute Gasteiger partial charge is 0.243 e. The maximum Gasteiger partial charge on any atom is 0.243 e. The summed E-state index contributed by atoms with van der Waals surface area (Å²) in [6, 6.07) is 9.64. The Balaban J connectivity index is 1.37. The van der Waals surface area contributed by atoms with Crippen molar-refractivity contribution >= 4 is 27.5 Å². The van der Waals surface area contributed by atoms with E-state index in [1.165, 1.54) is 16.4 Å². The van der Waals surface area contributed by atoms with Gasteiger partial charge in [0.15, 0.2) is 0 Å². The summed E-state index contributed by atoms with van der Waals surface area (Å²) < 4.78 is 38.2. The van der Waals surface area contributed by atoms with Crippen LogP contribution in [0.4, 0.5) is 5.69 Å². The molecule has 1 aromatic carbocycles. The predicted molar refractivity (Wildman–Crippen MR) is 116 cm³/mol. The number of nitrogens with zero attached hydrogens (tertiary/aromatic N) is 2. The van der Waals surface area contributed by atoms with Gasteiger partial charge in [0.1, 0.15) is 5.76 Å². The minimum absolute atomic E-state index is 0.100. The highest BCUT2D eigenvalue weighted by Gasteiger charge is 2.35. The molecule has 172 valence electrons. The molecule has 2 aliphatic heterocycles. The number of carbonyl (C=O) groups is 2. The molecule has 1 aromatic heterocycles. The van der Waals surface area contributed by atoms with Crippen molar-refractivity contribution in [2.75, 3.05) is 25.0 Å². The van der Waals surface area contributed by atoms with Crippen LogP contribution >= 0.6 is 0 Å². The van der Waals surface area contributed by atoms with E-state index in [1.54, 1.807) is 35.4 Å². The Hall–Kier alpha value is -2.69. The average Bonchev–Trinajstić information content (AvgIpc) is 3.38. The molecule has 2 saturated heterocycles. The second-order valence-electron chi connectivity index (χ2n) is 8.35. The Morgan fingerprint density at radius 3 is 2.41 bits per heavy atom. The first-order valence-electron chi connectivity index (χ1n) is 10.6. The largest absolute Gasteiger partial charge is 0.467 e. The van der Waals surface area contributed by atoms with Crippen LogP contribution in [-0.4, -0.2) is 61.3 Å². The van der Waals surface area contributed by atoms with Crippen molar-refractivity contribution in [3.05, 3.63) is 48.4 Å². The van der Waals surface area contributed by atoms with Crippen LogP contribution in [0.2, 0.25) is 0 Å². The van der Waals surface area contributed by atoms with E-state index in [0.29, 0.717) is 37.6 Å². The van der Waals surface area contributed by atoms with Crippen LogP contribution in [0.5, 0.6) is 0 Å². The van der Waals surface area contributed by atoms with Gasteiger partial charge < -0.3 is 19.4 Å². The van der Waals surface area contributed by atoms with Crippen molar-refractivity contribution in [3.8, 4) is 0 Å². The number of ether oxygens (including phenoxy) is 1. The second kappa shape index (κ2) is 9.05. The molecule has 3 atom stereocenters. The van der Waals surface area contributed by atoms with Gasteiger partial charge in [0.2, 0.25) is 21.8 Å². The first-order chi connectivity index (χ1) is 15.2. The number of nitrogens with one attached hydrogen (secondary N) is 1. The SMILES string of the molecule is CC1CN(S(=O)(=O)c2ccc(NC(=O)C3CC(=O)N(Cc4ccco4)C3)cc2)CC(C)O1. The fourth-order valence-corrected chi connectivity index (χ4v) is 5.71. The lowest BCUT2D eigenvalue weighted by atomic mass is 10.1. The van der Waals surface area contributed by atoms with Crippen LogP contribution in [0.15, 0.2) is 52.0 Å². The number of likely N-dealkylation sites (tertiary alicyclic amines) is 1. The van der Waals surface area contributed by atoms with Gasteiger partial charge in [-0.05, 0) is 50.2 Å². The van der Waals surface area contributed by atoms with E-state index in [-0.39, 0.29) is 35.3 Å². The third-order valence-electron chi connectivity index (χ3n) is 5.66. The highest BCUT2D eigenvalue weighted by molar-refractivity contribution is 7.89. The minimum Gasteiger partial charge on any atom is -0.467 e. The Morgan fingerprint density at radius 2 is 1.78 bits per heavy atom. The number of carbonyl (C=O) groups excluding carboxylic acids is 2. The monoisotopic (exact) mass is 461 g/mol. The van der Waals surface area contributed by atoms with Crippen LogP contribution in [0.1, 0.15) is 26.0 Å². The maximum absolute atomic E-state index is 13.0. The summed E-state index contributed by atoms with van der Waals surface area (Å²) >= 11 is 0. The highest BCUT2D eigenvalue weighted by Crippen LogP contribution is 2.25. The van der Waals surface area contributed by atoms with Gasteiger partial charge in [-0.15, -0.1) is 0 Å². The first kappa shape index (κ1) is 22.5. The Bertz CT molecular complexity index is 1060. The van der Waals surface area contributed by atoms with Gasteiger partial charge in [-0.25, -0.2) is 8.42 Å². The normalized spacial score (nSPS) is 24.6. The Morgan fingerprint density at radius 1 is 1.09 bits per heavy atom. The molecule has 32 heavy (non-hydrogen) atoms. The molecule has 2 amide bonds. The Kier molecular flexibility index (Phi) is 6.36. The zero-order chi connectivity index (χ0) is 22.9. The lowest BCUT2D eigenvalue weighted by molar-refractivity contribution is -0.128. The molecule has 10 heteroatoms. The fourth-order valence-electron chi connectivity index (χ4n) is 4.12. The highest BCUT2D eigenvalue weighted by atomic mass is 32.2. The third-order valence-corrected chi connectivity index (χ3v) is 7.50. The van der Waals surface area contributed by atoms with E-state index >= 15 is 0 Å². The molecule has 3 heterocycles. The molecular weight excluding hydrogens is 434 g/mol. The molecule has 2 aliphatic rings. The van der Waals surface area contributed by atoms with E-state index in [2.05, 4.69) is 5.32 Å². The van der Waals surface area contributed by atoms with Gasteiger partial charge >= 0.3 is 0 Å². The van der Waals surface area contributed by atoms with Gasteiger partial charge in [0.25, 0.3) is 0 Å². The second-order valence-corrected chi connectivity index (χ2v) is 10.3. The number of anilines is 1. The molecule has 4 rings (SSSR count). The van der Waals surface area contributed by atoms with E-state index in [1.807, 2.05) is 13.8 Å². The van der Waals surface area contributed by atoms with Crippen LogP contribution in [0.25, 0.3) is 0 Å². The van der Waals surface area contributed by atoms with Gasteiger partial charge in [0.05, 0.1) is 35.8 Å². The van der Waals surface area contributed by atoms with E-state index in [4.69, 9.17) is 9.15 Å².